The van der Waals surface area contributed by atoms with Gasteiger partial charge in [0, 0.05) is 10.8 Å². The van der Waals surface area contributed by atoms with Crippen molar-refractivity contribution in [1.29, 1.82) is 0 Å². The summed E-state index contributed by atoms with van der Waals surface area (Å²) in [6.07, 6.45) is 1.21. The number of rotatable bonds is 2. The molecule has 1 atom stereocenters. The molecule has 0 radical (unpaired) electrons. The van der Waals surface area contributed by atoms with Crippen LogP contribution in [0, 0.1) is 0 Å². The summed E-state index contributed by atoms with van der Waals surface area (Å²) in [5.41, 5.74) is 1.30. The molecule has 0 amide bonds. The van der Waals surface area contributed by atoms with Crippen LogP contribution in [0.4, 0.5) is 0 Å². The van der Waals surface area contributed by atoms with E-state index >= 15 is 0 Å². The van der Waals surface area contributed by atoms with Crippen molar-refractivity contribution in [2.24, 2.45) is 0 Å². The third kappa shape index (κ3) is 2.55. The fourth-order valence-corrected chi connectivity index (χ4v) is 3.60. The van der Waals surface area contributed by atoms with E-state index in [4.69, 9.17) is 11.6 Å². The first kappa shape index (κ1) is 12.3. The van der Waals surface area contributed by atoms with Crippen LogP contribution in [0.3, 0.4) is 0 Å². The topological polar surface area (TPSA) is 20.2 Å². The number of aliphatic hydroxyl groups is 1. The lowest BCUT2D eigenvalue weighted by Crippen LogP contribution is -2.15. The third-order valence-electron chi connectivity index (χ3n) is 3.08. The largest absolute Gasteiger partial charge is 0.386 e. The first-order chi connectivity index (χ1) is 7.48. The second-order valence-electron chi connectivity index (χ2n) is 4.86. The average molecular weight is 257 g/mol. The van der Waals surface area contributed by atoms with Crippen LogP contribution in [0.2, 0.25) is 5.02 Å². The molecule has 1 aromatic rings. The Bertz CT molecular complexity index is 378. The van der Waals surface area contributed by atoms with Gasteiger partial charge in [-0.25, -0.2) is 0 Å². The van der Waals surface area contributed by atoms with Crippen LogP contribution < -0.4 is 0 Å². The summed E-state index contributed by atoms with van der Waals surface area (Å²) >= 11 is 8.28. The maximum absolute atomic E-state index is 9.91. The molecule has 1 N–H and O–H groups in total. The first-order valence-electron chi connectivity index (χ1n) is 5.58. The zero-order chi connectivity index (χ0) is 11.8. The summed E-state index contributed by atoms with van der Waals surface area (Å²) < 4.78 is 0. The van der Waals surface area contributed by atoms with Gasteiger partial charge in [-0.2, -0.15) is 11.8 Å². The van der Waals surface area contributed by atoms with Crippen LogP contribution in [0.15, 0.2) is 18.2 Å². The Morgan fingerprint density at radius 1 is 1.44 bits per heavy atom. The summed E-state index contributed by atoms with van der Waals surface area (Å²) in [6.45, 7) is 3.56. The summed E-state index contributed by atoms with van der Waals surface area (Å²) in [7, 11) is 0. The highest BCUT2D eigenvalue weighted by Crippen LogP contribution is 2.37. The molecule has 88 valence electrons. The van der Waals surface area contributed by atoms with E-state index in [1.54, 1.807) is 13.8 Å². The summed E-state index contributed by atoms with van der Waals surface area (Å²) in [5, 5.41) is 10.7. The van der Waals surface area contributed by atoms with Gasteiger partial charge >= 0.3 is 0 Å². The molecule has 1 saturated heterocycles. The molecule has 1 unspecified atom stereocenters. The molecule has 0 saturated carbocycles. The van der Waals surface area contributed by atoms with Gasteiger partial charge in [-0.15, -0.1) is 0 Å². The summed E-state index contributed by atoms with van der Waals surface area (Å²) in [6, 6.07) is 5.97. The van der Waals surface area contributed by atoms with Crippen molar-refractivity contribution in [3.63, 3.8) is 0 Å². The van der Waals surface area contributed by atoms with E-state index in [9.17, 15) is 5.11 Å². The molecule has 0 aliphatic carbocycles. The maximum Gasteiger partial charge on any atom is 0.0841 e. The van der Waals surface area contributed by atoms with Crippen molar-refractivity contribution in [3.8, 4) is 0 Å². The van der Waals surface area contributed by atoms with Gasteiger partial charge in [-0.1, -0.05) is 23.7 Å². The Labute approximate surface area is 106 Å². The van der Waals surface area contributed by atoms with E-state index < -0.39 is 5.60 Å². The lowest BCUT2D eigenvalue weighted by atomic mass is 9.93. The van der Waals surface area contributed by atoms with Crippen LogP contribution >= 0.6 is 23.4 Å². The molecule has 2 rings (SSSR count). The van der Waals surface area contributed by atoms with E-state index in [0.29, 0.717) is 5.92 Å². The number of halogens is 1. The number of benzene rings is 1. The lowest BCUT2D eigenvalue weighted by molar-refractivity contribution is 0.0786. The first-order valence-corrected chi connectivity index (χ1v) is 7.12. The molecule has 0 spiro atoms. The molecule has 1 aromatic carbocycles. The summed E-state index contributed by atoms with van der Waals surface area (Å²) in [4.78, 5) is 0. The van der Waals surface area contributed by atoms with Crippen molar-refractivity contribution in [3.05, 3.63) is 34.3 Å². The SMILES string of the molecule is CC(C)(O)c1ccc(C2CCSC2)c(Cl)c1. The van der Waals surface area contributed by atoms with Crippen molar-refractivity contribution < 1.29 is 5.11 Å². The van der Waals surface area contributed by atoms with Gasteiger partial charge in [0.1, 0.15) is 0 Å². The van der Waals surface area contributed by atoms with Crippen molar-refractivity contribution >= 4 is 23.4 Å². The molecule has 0 aromatic heterocycles. The van der Waals surface area contributed by atoms with E-state index in [1.165, 1.54) is 23.5 Å². The molecule has 16 heavy (non-hydrogen) atoms. The molecule has 1 fully saturated rings. The Balaban J connectivity index is 2.29. The highest BCUT2D eigenvalue weighted by molar-refractivity contribution is 7.99. The Morgan fingerprint density at radius 3 is 2.69 bits per heavy atom. The predicted molar refractivity (Wildman–Crippen MR) is 71.4 cm³/mol. The Kier molecular flexibility index (Phi) is 3.53. The molecular weight excluding hydrogens is 240 g/mol. The van der Waals surface area contributed by atoms with E-state index in [2.05, 4.69) is 6.07 Å². The molecule has 1 nitrogen and oxygen atoms in total. The zero-order valence-electron chi connectivity index (χ0n) is 9.66. The Morgan fingerprint density at radius 2 is 2.19 bits per heavy atom. The fourth-order valence-electron chi connectivity index (χ4n) is 2.02. The molecule has 1 aliphatic rings. The third-order valence-corrected chi connectivity index (χ3v) is 4.57. The molecule has 0 bridgehead atoms. The monoisotopic (exact) mass is 256 g/mol. The van der Waals surface area contributed by atoms with Crippen molar-refractivity contribution in [2.75, 3.05) is 11.5 Å². The quantitative estimate of drug-likeness (QED) is 0.869. The fraction of sp³-hybridized carbons (Fsp3) is 0.538. The van der Waals surface area contributed by atoms with Crippen LogP contribution in [0.1, 0.15) is 37.3 Å². The highest BCUT2D eigenvalue weighted by Gasteiger charge is 2.22. The molecular formula is C13H17ClOS. The summed E-state index contributed by atoms with van der Waals surface area (Å²) in [5.74, 6) is 2.99. The minimum Gasteiger partial charge on any atom is -0.386 e. The predicted octanol–water partition coefficient (Wildman–Crippen LogP) is 3.79. The van der Waals surface area contributed by atoms with Crippen LogP contribution in [-0.2, 0) is 5.60 Å². The van der Waals surface area contributed by atoms with E-state index in [1.807, 2.05) is 23.9 Å². The van der Waals surface area contributed by atoms with Gasteiger partial charge in [0.2, 0.25) is 0 Å². The van der Waals surface area contributed by atoms with Crippen LogP contribution in [0.5, 0.6) is 0 Å². The van der Waals surface area contributed by atoms with Crippen molar-refractivity contribution in [1.82, 2.24) is 0 Å². The van der Waals surface area contributed by atoms with Crippen LogP contribution in [-0.4, -0.2) is 16.6 Å². The van der Waals surface area contributed by atoms with Gasteiger partial charge in [0.05, 0.1) is 5.60 Å². The number of thioether (sulfide) groups is 1. The smallest absolute Gasteiger partial charge is 0.0841 e. The van der Waals surface area contributed by atoms with Gasteiger partial charge < -0.3 is 5.11 Å². The highest BCUT2D eigenvalue weighted by atomic mass is 35.5. The number of hydrogen-bond acceptors (Lipinski definition) is 2. The minimum absolute atomic E-state index is 0.591. The van der Waals surface area contributed by atoms with Crippen molar-refractivity contribution in [2.45, 2.75) is 31.8 Å². The minimum atomic E-state index is -0.813. The van der Waals surface area contributed by atoms with E-state index in [-0.39, 0.29) is 0 Å². The maximum atomic E-state index is 9.91. The normalized spacial score (nSPS) is 21.4. The molecule has 1 aliphatic heterocycles. The van der Waals surface area contributed by atoms with Crippen LogP contribution in [0.25, 0.3) is 0 Å². The zero-order valence-corrected chi connectivity index (χ0v) is 11.2. The van der Waals surface area contributed by atoms with E-state index in [0.717, 1.165) is 10.6 Å². The second-order valence-corrected chi connectivity index (χ2v) is 6.41. The second kappa shape index (κ2) is 4.59. The van der Waals surface area contributed by atoms with Gasteiger partial charge in [0.25, 0.3) is 0 Å². The molecule has 3 heteroatoms. The van der Waals surface area contributed by atoms with Gasteiger partial charge in [0.15, 0.2) is 0 Å². The average Bonchev–Trinajstić information content (AvgIpc) is 2.69. The molecule has 1 heterocycles. The number of hydrogen-bond donors (Lipinski definition) is 1. The lowest BCUT2D eigenvalue weighted by Gasteiger charge is -2.20. The Hall–Kier alpha value is -0.180. The van der Waals surface area contributed by atoms with Gasteiger partial charge in [-0.3, -0.25) is 0 Å². The standard InChI is InChI=1S/C13H17ClOS/c1-13(2,15)10-3-4-11(12(14)7-10)9-5-6-16-8-9/h3-4,7,9,15H,5-6,8H2,1-2H3. The van der Waals surface area contributed by atoms with Gasteiger partial charge in [-0.05, 0) is 49.1 Å².